The predicted octanol–water partition coefficient (Wildman–Crippen LogP) is 5.82. The van der Waals surface area contributed by atoms with Crippen LogP contribution in [-0.2, 0) is 4.79 Å². The molecule has 0 bridgehead atoms. The molecule has 0 fully saturated rings. The number of hydrogen-bond donors (Lipinski definition) is 1. The minimum Gasteiger partial charge on any atom is -0.478 e. The van der Waals surface area contributed by atoms with Gasteiger partial charge in [-0.25, -0.2) is 4.79 Å². The van der Waals surface area contributed by atoms with Gasteiger partial charge in [0.15, 0.2) is 0 Å². The number of unbranched alkanes of at least 4 members (excludes halogenated alkanes) is 6. The van der Waals surface area contributed by atoms with Crippen molar-refractivity contribution >= 4 is 5.97 Å². The van der Waals surface area contributed by atoms with Gasteiger partial charge in [0.2, 0.25) is 0 Å². The van der Waals surface area contributed by atoms with Crippen LogP contribution in [-0.4, -0.2) is 11.1 Å². The van der Waals surface area contributed by atoms with Gasteiger partial charge < -0.3 is 5.11 Å². The summed E-state index contributed by atoms with van der Waals surface area (Å²) in [6.07, 6.45) is 16.3. The highest BCUT2D eigenvalue weighted by molar-refractivity contribution is 5.79. The van der Waals surface area contributed by atoms with Crippen LogP contribution in [0.3, 0.4) is 0 Å². The third-order valence-electron chi connectivity index (χ3n) is 4.12. The molecule has 2 unspecified atom stereocenters. The Labute approximate surface area is 125 Å². The molecule has 118 valence electrons. The molecule has 0 aliphatic heterocycles. The van der Waals surface area contributed by atoms with Gasteiger partial charge in [0.05, 0.1) is 0 Å². The summed E-state index contributed by atoms with van der Waals surface area (Å²) in [5.74, 6) is 0.450. The Bertz CT molecular complexity index is 258. The van der Waals surface area contributed by atoms with Crippen molar-refractivity contribution < 1.29 is 9.90 Å². The minimum atomic E-state index is -0.839. The molecule has 0 aromatic heterocycles. The normalized spacial score (nSPS) is 14.6. The van der Waals surface area contributed by atoms with E-state index < -0.39 is 5.97 Å². The largest absolute Gasteiger partial charge is 0.478 e. The summed E-state index contributed by atoms with van der Waals surface area (Å²) in [7, 11) is 0. The average Bonchev–Trinajstić information content (AvgIpc) is 2.42. The lowest BCUT2D eigenvalue weighted by Gasteiger charge is -2.08. The maximum Gasteiger partial charge on any atom is 0.327 e. The van der Waals surface area contributed by atoms with Crippen LogP contribution >= 0.6 is 0 Å². The topological polar surface area (TPSA) is 37.3 Å². The van der Waals surface area contributed by atoms with Crippen LogP contribution < -0.4 is 0 Å². The monoisotopic (exact) mass is 282 g/mol. The zero-order chi connectivity index (χ0) is 15.2. The van der Waals surface area contributed by atoms with Crippen molar-refractivity contribution in [2.75, 3.05) is 0 Å². The Kier molecular flexibility index (Phi) is 12.7. The molecule has 2 nitrogen and oxygen atoms in total. The smallest absolute Gasteiger partial charge is 0.327 e. The highest BCUT2D eigenvalue weighted by atomic mass is 16.4. The lowest BCUT2D eigenvalue weighted by molar-refractivity contribution is -0.131. The van der Waals surface area contributed by atoms with Crippen LogP contribution in [0.25, 0.3) is 0 Å². The van der Waals surface area contributed by atoms with E-state index in [2.05, 4.69) is 20.8 Å². The second kappa shape index (κ2) is 13.2. The molecule has 0 saturated carbocycles. The van der Waals surface area contributed by atoms with Crippen molar-refractivity contribution in [2.45, 2.75) is 85.0 Å². The zero-order valence-electron chi connectivity index (χ0n) is 13.7. The molecule has 0 aromatic carbocycles. The van der Waals surface area contributed by atoms with E-state index in [1.165, 1.54) is 63.9 Å². The third-order valence-corrected chi connectivity index (χ3v) is 4.12. The fourth-order valence-corrected chi connectivity index (χ4v) is 2.39. The Morgan fingerprint density at radius 3 is 1.95 bits per heavy atom. The molecule has 20 heavy (non-hydrogen) atoms. The van der Waals surface area contributed by atoms with Crippen molar-refractivity contribution in [3.8, 4) is 0 Å². The van der Waals surface area contributed by atoms with Gasteiger partial charge in [-0.1, -0.05) is 84.6 Å². The summed E-state index contributed by atoms with van der Waals surface area (Å²) < 4.78 is 0. The molecule has 2 heteroatoms. The van der Waals surface area contributed by atoms with Gasteiger partial charge in [0, 0.05) is 6.08 Å². The predicted molar refractivity (Wildman–Crippen MR) is 86.9 cm³/mol. The summed E-state index contributed by atoms with van der Waals surface area (Å²) in [5, 5.41) is 8.54. The molecule has 0 aromatic rings. The van der Waals surface area contributed by atoms with E-state index in [4.69, 9.17) is 5.11 Å². The fraction of sp³-hybridized carbons (Fsp3) is 0.833. The zero-order valence-corrected chi connectivity index (χ0v) is 13.7. The summed E-state index contributed by atoms with van der Waals surface area (Å²) in [5.41, 5.74) is 0. The van der Waals surface area contributed by atoms with E-state index in [9.17, 15) is 4.79 Å². The fourth-order valence-electron chi connectivity index (χ4n) is 2.39. The van der Waals surface area contributed by atoms with Gasteiger partial charge in [0.25, 0.3) is 0 Å². The molecular formula is C18H34O2. The molecule has 0 aliphatic rings. The second-order valence-corrected chi connectivity index (χ2v) is 6.24. The quantitative estimate of drug-likeness (QED) is 0.341. The Hall–Kier alpha value is -0.790. The standard InChI is InChI=1S/C18H34O2/c1-4-16(2)12-10-8-6-5-7-9-11-13-17(3)14-15-18(19)20/h14-17H,4-13H2,1-3H3,(H,19,20). The highest BCUT2D eigenvalue weighted by Crippen LogP contribution is 2.16. The SMILES string of the molecule is CCC(C)CCCCCCCCCC(C)C=CC(=O)O. The Morgan fingerprint density at radius 2 is 1.45 bits per heavy atom. The lowest BCUT2D eigenvalue weighted by Crippen LogP contribution is -1.93. The molecule has 2 atom stereocenters. The highest BCUT2D eigenvalue weighted by Gasteiger charge is 2.00. The second-order valence-electron chi connectivity index (χ2n) is 6.24. The molecular weight excluding hydrogens is 248 g/mol. The Balaban J connectivity index is 3.26. The maximum absolute atomic E-state index is 10.4. The summed E-state index contributed by atoms with van der Waals surface area (Å²) in [4.78, 5) is 10.4. The first kappa shape index (κ1) is 19.2. The molecule has 0 spiro atoms. The minimum absolute atomic E-state index is 0.390. The summed E-state index contributed by atoms with van der Waals surface area (Å²) in [6, 6.07) is 0. The van der Waals surface area contributed by atoms with E-state index in [0.29, 0.717) is 5.92 Å². The van der Waals surface area contributed by atoms with Gasteiger partial charge in [-0.15, -0.1) is 0 Å². The first-order valence-corrected chi connectivity index (χ1v) is 8.47. The van der Waals surface area contributed by atoms with Crippen LogP contribution in [0.5, 0.6) is 0 Å². The summed E-state index contributed by atoms with van der Waals surface area (Å²) >= 11 is 0. The van der Waals surface area contributed by atoms with Crippen LogP contribution in [0.4, 0.5) is 0 Å². The number of carbonyl (C=O) groups is 1. The van der Waals surface area contributed by atoms with Gasteiger partial charge in [-0.3, -0.25) is 0 Å². The maximum atomic E-state index is 10.4. The molecule has 0 heterocycles. The van der Waals surface area contributed by atoms with E-state index in [1.807, 2.05) is 0 Å². The van der Waals surface area contributed by atoms with Crippen molar-refractivity contribution in [2.24, 2.45) is 11.8 Å². The first-order valence-electron chi connectivity index (χ1n) is 8.47. The molecule has 1 N–H and O–H groups in total. The molecule has 0 saturated heterocycles. The van der Waals surface area contributed by atoms with E-state index in [0.717, 1.165) is 12.3 Å². The van der Waals surface area contributed by atoms with Crippen molar-refractivity contribution in [1.29, 1.82) is 0 Å². The number of hydrogen-bond acceptors (Lipinski definition) is 1. The third kappa shape index (κ3) is 13.6. The Morgan fingerprint density at radius 1 is 0.950 bits per heavy atom. The molecule has 0 rings (SSSR count). The number of carboxylic acids is 1. The van der Waals surface area contributed by atoms with Crippen LogP contribution in [0.1, 0.15) is 85.0 Å². The first-order chi connectivity index (χ1) is 9.56. The van der Waals surface area contributed by atoms with Gasteiger partial charge in [-0.2, -0.15) is 0 Å². The summed E-state index contributed by atoms with van der Waals surface area (Å²) in [6.45, 7) is 6.71. The van der Waals surface area contributed by atoms with Crippen LogP contribution in [0.2, 0.25) is 0 Å². The van der Waals surface area contributed by atoms with Crippen LogP contribution in [0, 0.1) is 11.8 Å². The van der Waals surface area contributed by atoms with E-state index in [1.54, 1.807) is 6.08 Å². The average molecular weight is 282 g/mol. The van der Waals surface area contributed by atoms with Crippen molar-refractivity contribution in [1.82, 2.24) is 0 Å². The number of rotatable bonds is 13. The molecule has 0 radical (unpaired) electrons. The number of aliphatic carboxylic acids is 1. The van der Waals surface area contributed by atoms with Crippen molar-refractivity contribution in [3.05, 3.63) is 12.2 Å². The van der Waals surface area contributed by atoms with Crippen molar-refractivity contribution in [3.63, 3.8) is 0 Å². The van der Waals surface area contributed by atoms with E-state index in [-0.39, 0.29) is 0 Å². The molecule has 0 amide bonds. The number of carboxylic acid groups (broad SMARTS) is 1. The van der Waals surface area contributed by atoms with E-state index >= 15 is 0 Å². The van der Waals surface area contributed by atoms with Gasteiger partial charge >= 0.3 is 5.97 Å². The lowest BCUT2D eigenvalue weighted by atomic mass is 9.99. The number of allylic oxidation sites excluding steroid dienone is 1. The molecule has 0 aliphatic carbocycles. The van der Waals surface area contributed by atoms with Gasteiger partial charge in [0.1, 0.15) is 0 Å². The van der Waals surface area contributed by atoms with Gasteiger partial charge in [-0.05, 0) is 18.3 Å². The van der Waals surface area contributed by atoms with Crippen LogP contribution in [0.15, 0.2) is 12.2 Å².